The van der Waals surface area contributed by atoms with Gasteiger partial charge in [-0.05, 0) is 18.6 Å². The van der Waals surface area contributed by atoms with E-state index in [1.165, 1.54) is 24.3 Å². The first-order valence-electron chi connectivity index (χ1n) is 6.34. The Labute approximate surface area is 114 Å². The van der Waals surface area contributed by atoms with Crippen molar-refractivity contribution in [3.05, 3.63) is 39.9 Å². The molecule has 0 amide bonds. The molecule has 0 bridgehead atoms. The van der Waals surface area contributed by atoms with E-state index in [1.54, 1.807) is 0 Å². The van der Waals surface area contributed by atoms with Crippen molar-refractivity contribution < 1.29 is 23.9 Å². The van der Waals surface area contributed by atoms with Crippen molar-refractivity contribution >= 4 is 11.7 Å². The summed E-state index contributed by atoms with van der Waals surface area (Å²) in [6.45, 7) is 0.939. The summed E-state index contributed by atoms with van der Waals surface area (Å²) in [7, 11) is 0. The van der Waals surface area contributed by atoms with Gasteiger partial charge in [0.1, 0.15) is 6.10 Å². The number of non-ortho nitro benzene ring substituents is 1. The van der Waals surface area contributed by atoms with Crippen LogP contribution in [0.2, 0.25) is 0 Å². The van der Waals surface area contributed by atoms with E-state index in [4.69, 9.17) is 14.2 Å². The Balaban J connectivity index is 1.65. The number of nitrogens with zero attached hydrogens (tertiary/aromatic N) is 1. The molecule has 3 atom stereocenters. The molecule has 7 nitrogen and oxygen atoms in total. The maximum Gasteiger partial charge on any atom is 0.338 e. The third-order valence-electron chi connectivity index (χ3n) is 3.56. The zero-order valence-electron chi connectivity index (χ0n) is 10.6. The van der Waals surface area contributed by atoms with Crippen LogP contribution in [-0.4, -0.2) is 36.5 Å². The average Bonchev–Trinajstić information content (AvgIpc) is 3.04. The molecule has 3 rings (SSSR count). The normalized spacial score (nSPS) is 28.1. The molecule has 2 fully saturated rings. The van der Waals surface area contributed by atoms with Crippen LogP contribution in [-0.2, 0) is 14.2 Å². The minimum Gasteiger partial charge on any atom is -0.456 e. The number of nitro benzene ring substituents is 1. The number of carbonyl (C=O) groups is 1. The molecule has 2 aliphatic rings. The van der Waals surface area contributed by atoms with Crippen LogP contribution in [0.1, 0.15) is 16.8 Å². The van der Waals surface area contributed by atoms with Gasteiger partial charge in [0.2, 0.25) is 0 Å². The number of carbonyl (C=O) groups excluding carboxylic acids is 1. The summed E-state index contributed by atoms with van der Waals surface area (Å²) in [5.74, 6) is -0.418. The van der Waals surface area contributed by atoms with Crippen molar-refractivity contribution in [3.63, 3.8) is 0 Å². The van der Waals surface area contributed by atoms with Crippen molar-refractivity contribution in [1.29, 1.82) is 0 Å². The summed E-state index contributed by atoms with van der Waals surface area (Å²) < 4.78 is 16.1. The Morgan fingerprint density at radius 1 is 1.30 bits per heavy atom. The Morgan fingerprint density at radius 3 is 2.75 bits per heavy atom. The fourth-order valence-electron chi connectivity index (χ4n) is 2.47. The molecule has 106 valence electrons. The van der Waals surface area contributed by atoms with Crippen LogP contribution in [0.5, 0.6) is 0 Å². The third kappa shape index (κ3) is 2.37. The fourth-order valence-corrected chi connectivity index (χ4v) is 2.47. The van der Waals surface area contributed by atoms with E-state index < -0.39 is 10.9 Å². The van der Waals surface area contributed by atoms with E-state index >= 15 is 0 Å². The third-order valence-corrected chi connectivity index (χ3v) is 3.56. The Bertz CT molecular complexity index is 528. The SMILES string of the molecule is O=C(O[C@H]1CO[C@@H]2OCC[C@@H]21)c1ccc([N+](=O)[O-])cc1. The predicted octanol–water partition coefficient (Wildman–Crippen LogP) is 1.51. The number of ether oxygens (including phenoxy) is 3. The van der Waals surface area contributed by atoms with Gasteiger partial charge in [0.15, 0.2) is 6.29 Å². The number of benzene rings is 1. The number of hydrogen-bond acceptors (Lipinski definition) is 6. The number of esters is 1. The molecule has 0 aliphatic carbocycles. The molecule has 1 aromatic carbocycles. The highest BCUT2D eigenvalue weighted by molar-refractivity contribution is 5.89. The first-order valence-corrected chi connectivity index (χ1v) is 6.34. The van der Waals surface area contributed by atoms with Crippen molar-refractivity contribution in [2.75, 3.05) is 13.2 Å². The first kappa shape index (κ1) is 13.0. The lowest BCUT2D eigenvalue weighted by Crippen LogP contribution is -2.26. The minimum atomic E-state index is -0.514. The summed E-state index contributed by atoms with van der Waals surface area (Å²) >= 11 is 0. The van der Waals surface area contributed by atoms with Gasteiger partial charge < -0.3 is 14.2 Å². The summed E-state index contributed by atoms with van der Waals surface area (Å²) in [4.78, 5) is 22.0. The van der Waals surface area contributed by atoms with Crippen molar-refractivity contribution in [1.82, 2.24) is 0 Å². The smallest absolute Gasteiger partial charge is 0.338 e. The number of nitro groups is 1. The van der Waals surface area contributed by atoms with Gasteiger partial charge in [0.05, 0.1) is 29.6 Å². The van der Waals surface area contributed by atoms with Crippen molar-refractivity contribution in [2.45, 2.75) is 18.8 Å². The first-order chi connectivity index (χ1) is 9.65. The number of hydrogen-bond donors (Lipinski definition) is 0. The van der Waals surface area contributed by atoms with Crippen molar-refractivity contribution in [3.8, 4) is 0 Å². The molecule has 0 aromatic heterocycles. The lowest BCUT2D eigenvalue weighted by molar-refractivity contribution is -0.384. The van der Waals surface area contributed by atoms with E-state index in [-0.39, 0.29) is 29.6 Å². The van der Waals surface area contributed by atoms with Gasteiger partial charge in [-0.1, -0.05) is 0 Å². The number of rotatable bonds is 3. The second kappa shape index (κ2) is 5.18. The zero-order valence-corrected chi connectivity index (χ0v) is 10.6. The quantitative estimate of drug-likeness (QED) is 0.473. The molecular formula is C13H13NO6. The number of fused-ring (bicyclic) bond motifs is 1. The molecular weight excluding hydrogens is 266 g/mol. The van der Waals surface area contributed by atoms with E-state index in [2.05, 4.69) is 0 Å². The lowest BCUT2D eigenvalue weighted by atomic mass is 10.0. The average molecular weight is 279 g/mol. The van der Waals surface area contributed by atoms with Crippen LogP contribution < -0.4 is 0 Å². The van der Waals surface area contributed by atoms with E-state index in [1.807, 2.05) is 0 Å². The van der Waals surface area contributed by atoms with E-state index in [9.17, 15) is 14.9 Å². The highest BCUT2D eigenvalue weighted by atomic mass is 16.7. The van der Waals surface area contributed by atoms with Crippen LogP contribution >= 0.6 is 0 Å². The Morgan fingerprint density at radius 2 is 2.05 bits per heavy atom. The molecule has 2 aliphatic heterocycles. The molecule has 0 saturated carbocycles. The molecule has 0 radical (unpaired) electrons. The van der Waals surface area contributed by atoms with Gasteiger partial charge in [-0.3, -0.25) is 10.1 Å². The maximum atomic E-state index is 12.0. The molecule has 1 aromatic rings. The topological polar surface area (TPSA) is 87.9 Å². The monoisotopic (exact) mass is 279 g/mol. The molecule has 20 heavy (non-hydrogen) atoms. The van der Waals surface area contributed by atoms with Crippen LogP contribution in [0.25, 0.3) is 0 Å². The van der Waals surface area contributed by atoms with Crippen molar-refractivity contribution in [2.24, 2.45) is 5.92 Å². The van der Waals surface area contributed by atoms with Crippen LogP contribution in [0.15, 0.2) is 24.3 Å². The Kier molecular flexibility index (Phi) is 3.37. The van der Waals surface area contributed by atoms with Gasteiger partial charge in [-0.25, -0.2) is 4.79 Å². The van der Waals surface area contributed by atoms with Crippen LogP contribution in [0.3, 0.4) is 0 Å². The largest absolute Gasteiger partial charge is 0.456 e. The highest BCUT2D eigenvalue weighted by Crippen LogP contribution is 2.33. The van der Waals surface area contributed by atoms with Gasteiger partial charge in [0.25, 0.3) is 5.69 Å². The predicted molar refractivity (Wildman–Crippen MR) is 66.1 cm³/mol. The highest BCUT2D eigenvalue weighted by Gasteiger charge is 2.43. The molecule has 2 heterocycles. The molecule has 0 unspecified atom stereocenters. The lowest BCUT2D eigenvalue weighted by Gasteiger charge is -2.15. The second-order valence-electron chi connectivity index (χ2n) is 4.77. The Hall–Kier alpha value is -1.99. The summed E-state index contributed by atoms with van der Waals surface area (Å²) in [5, 5.41) is 10.5. The van der Waals surface area contributed by atoms with Gasteiger partial charge in [0, 0.05) is 12.1 Å². The standard InChI is InChI=1S/C13H13NO6/c15-12(8-1-3-9(4-2-8)14(16)17)20-11-7-19-13-10(11)5-6-18-13/h1-4,10-11,13H,5-7H2/t10-,11+,13+/m1/s1. The molecule has 0 N–H and O–H groups in total. The summed E-state index contributed by atoms with van der Waals surface area (Å²) in [6, 6.07) is 5.34. The van der Waals surface area contributed by atoms with Crippen LogP contribution in [0.4, 0.5) is 5.69 Å². The molecule has 7 heteroatoms. The van der Waals surface area contributed by atoms with E-state index in [0.29, 0.717) is 13.2 Å². The van der Waals surface area contributed by atoms with Crippen LogP contribution in [0, 0.1) is 16.0 Å². The second-order valence-corrected chi connectivity index (χ2v) is 4.77. The maximum absolute atomic E-state index is 12.0. The van der Waals surface area contributed by atoms with Gasteiger partial charge in [-0.2, -0.15) is 0 Å². The zero-order chi connectivity index (χ0) is 14.1. The minimum absolute atomic E-state index is 0.0602. The van der Waals surface area contributed by atoms with Gasteiger partial charge in [-0.15, -0.1) is 0 Å². The van der Waals surface area contributed by atoms with Gasteiger partial charge >= 0.3 is 5.97 Å². The summed E-state index contributed by atoms with van der Waals surface area (Å²) in [5.41, 5.74) is 0.230. The fraction of sp³-hybridized carbons (Fsp3) is 0.462. The molecule has 2 saturated heterocycles. The molecule has 0 spiro atoms. The van der Waals surface area contributed by atoms with E-state index in [0.717, 1.165) is 6.42 Å². The summed E-state index contributed by atoms with van der Waals surface area (Å²) in [6.07, 6.45) is 0.220.